The molecule has 0 aliphatic heterocycles. The maximum absolute atomic E-state index is 11.2. The lowest BCUT2D eigenvalue weighted by Gasteiger charge is -2.20. The van der Waals surface area contributed by atoms with E-state index in [0.717, 1.165) is 12.0 Å². The standard InChI is InChI=1S/C13H16O2/c1-4-5-11-6-8-12(9-7-11)13(3,15)10(2)14/h4,6-9,15H,1,5H2,2-3H3. The molecular formula is C13H16O2. The average molecular weight is 204 g/mol. The Bertz CT molecular complexity index is 361. The SMILES string of the molecule is C=CCc1ccc(C(C)(O)C(C)=O)cc1. The van der Waals surface area contributed by atoms with Crippen LogP contribution in [0.4, 0.5) is 0 Å². The van der Waals surface area contributed by atoms with Crippen LogP contribution in [0.1, 0.15) is 25.0 Å². The minimum atomic E-state index is -1.38. The molecule has 0 aromatic heterocycles. The molecule has 0 aliphatic rings. The molecule has 1 rings (SSSR count). The Labute approximate surface area is 90.3 Å². The summed E-state index contributed by atoms with van der Waals surface area (Å²) in [6, 6.07) is 7.35. The van der Waals surface area contributed by atoms with E-state index in [9.17, 15) is 9.90 Å². The second-order valence-corrected chi connectivity index (χ2v) is 3.82. The number of ketones is 1. The van der Waals surface area contributed by atoms with E-state index in [0.29, 0.717) is 5.56 Å². The highest BCUT2D eigenvalue weighted by Gasteiger charge is 2.28. The Morgan fingerprint density at radius 1 is 1.47 bits per heavy atom. The number of aliphatic hydroxyl groups is 1. The van der Waals surface area contributed by atoms with E-state index in [1.165, 1.54) is 13.8 Å². The van der Waals surface area contributed by atoms with Gasteiger partial charge in [-0.05, 0) is 31.4 Å². The lowest BCUT2D eigenvalue weighted by atomic mass is 9.91. The minimum Gasteiger partial charge on any atom is -0.378 e. The first-order valence-electron chi connectivity index (χ1n) is 4.92. The highest BCUT2D eigenvalue weighted by Crippen LogP contribution is 2.21. The maximum atomic E-state index is 11.2. The number of hydrogen-bond donors (Lipinski definition) is 1. The van der Waals surface area contributed by atoms with Crippen molar-refractivity contribution >= 4 is 5.78 Å². The Balaban J connectivity index is 2.98. The molecule has 1 aromatic carbocycles. The zero-order chi connectivity index (χ0) is 11.5. The van der Waals surface area contributed by atoms with Crippen LogP contribution in [-0.4, -0.2) is 10.9 Å². The lowest BCUT2D eigenvalue weighted by molar-refractivity contribution is -0.134. The molecule has 2 nitrogen and oxygen atoms in total. The Morgan fingerprint density at radius 3 is 2.40 bits per heavy atom. The van der Waals surface area contributed by atoms with Crippen LogP contribution in [0.5, 0.6) is 0 Å². The van der Waals surface area contributed by atoms with Crippen molar-refractivity contribution < 1.29 is 9.90 Å². The van der Waals surface area contributed by atoms with Gasteiger partial charge in [-0.1, -0.05) is 30.3 Å². The first kappa shape index (κ1) is 11.7. The van der Waals surface area contributed by atoms with Gasteiger partial charge < -0.3 is 5.11 Å². The number of Topliss-reactive ketones (excluding diaryl/α,β-unsaturated/α-hetero) is 1. The topological polar surface area (TPSA) is 37.3 Å². The molecule has 0 aliphatic carbocycles. The quantitative estimate of drug-likeness (QED) is 0.763. The van der Waals surface area contributed by atoms with Gasteiger partial charge in [0.25, 0.3) is 0 Å². The van der Waals surface area contributed by atoms with Gasteiger partial charge in [0.2, 0.25) is 0 Å². The predicted octanol–water partition coefficient (Wildman–Crippen LogP) is 2.21. The molecule has 0 radical (unpaired) electrons. The summed E-state index contributed by atoms with van der Waals surface area (Å²) in [5, 5.41) is 9.91. The van der Waals surface area contributed by atoms with Crippen LogP contribution in [0.15, 0.2) is 36.9 Å². The summed E-state index contributed by atoms with van der Waals surface area (Å²) < 4.78 is 0. The van der Waals surface area contributed by atoms with E-state index in [1.54, 1.807) is 12.1 Å². The third-order valence-corrected chi connectivity index (χ3v) is 2.58. The number of rotatable bonds is 4. The van der Waals surface area contributed by atoms with Gasteiger partial charge in [0.1, 0.15) is 5.60 Å². The van der Waals surface area contributed by atoms with Crippen LogP contribution in [0.25, 0.3) is 0 Å². The zero-order valence-corrected chi connectivity index (χ0v) is 9.16. The number of benzene rings is 1. The van der Waals surface area contributed by atoms with E-state index in [-0.39, 0.29) is 5.78 Å². The van der Waals surface area contributed by atoms with Crippen LogP contribution < -0.4 is 0 Å². The van der Waals surface area contributed by atoms with Gasteiger partial charge in [0.15, 0.2) is 5.78 Å². The molecule has 0 saturated heterocycles. The molecule has 0 bridgehead atoms. The van der Waals surface area contributed by atoms with E-state index >= 15 is 0 Å². The normalized spacial score (nSPS) is 14.3. The summed E-state index contributed by atoms with van der Waals surface area (Å²) in [6.45, 7) is 6.55. The Morgan fingerprint density at radius 2 is 2.00 bits per heavy atom. The van der Waals surface area contributed by atoms with Crippen molar-refractivity contribution in [2.75, 3.05) is 0 Å². The molecule has 1 aromatic rings. The van der Waals surface area contributed by atoms with Crippen molar-refractivity contribution in [2.45, 2.75) is 25.9 Å². The third kappa shape index (κ3) is 2.54. The fraction of sp³-hybridized carbons (Fsp3) is 0.308. The molecule has 0 saturated carbocycles. The van der Waals surface area contributed by atoms with E-state index < -0.39 is 5.60 Å². The minimum absolute atomic E-state index is 0.251. The van der Waals surface area contributed by atoms with E-state index in [1.807, 2.05) is 18.2 Å². The fourth-order valence-electron chi connectivity index (χ4n) is 1.34. The number of carbonyl (C=O) groups is 1. The van der Waals surface area contributed by atoms with Gasteiger partial charge in [-0.3, -0.25) is 4.79 Å². The zero-order valence-electron chi connectivity index (χ0n) is 9.16. The van der Waals surface area contributed by atoms with Crippen LogP contribution in [0.3, 0.4) is 0 Å². The second kappa shape index (κ2) is 4.41. The molecule has 0 spiro atoms. The second-order valence-electron chi connectivity index (χ2n) is 3.82. The molecule has 1 atom stereocenters. The van der Waals surface area contributed by atoms with Gasteiger partial charge in [-0.25, -0.2) is 0 Å². The van der Waals surface area contributed by atoms with Gasteiger partial charge in [-0.15, -0.1) is 6.58 Å². The summed E-state index contributed by atoms with van der Waals surface area (Å²) >= 11 is 0. The fourth-order valence-corrected chi connectivity index (χ4v) is 1.34. The lowest BCUT2D eigenvalue weighted by Crippen LogP contribution is -2.29. The molecule has 1 unspecified atom stereocenters. The van der Waals surface area contributed by atoms with Gasteiger partial charge in [0.05, 0.1) is 0 Å². The first-order chi connectivity index (χ1) is 6.98. The molecule has 2 heteroatoms. The summed E-state index contributed by atoms with van der Waals surface area (Å²) in [4.78, 5) is 11.2. The van der Waals surface area contributed by atoms with Crippen LogP contribution in [0.2, 0.25) is 0 Å². The largest absolute Gasteiger partial charge is 0.378 e. The van der Waals surface area contributed by atoms with Crippen molar-refractivity contribution in [2.24, 2.45) is 0 Å². The summed E-state index contributed by atoms with van der Waals surface area (Å²) in [7, 11) is 0. The number of allylic oxidation sites excluding steroid dienone is 1. The van der Waals surface area contributed by atoms with Gasteiger partial charge >= 0.3 is 0 Å². The average Bonchev–Trinajstić information content (AvgIpc) is 2.19. The summed E-state index contributed by atoms with van der Waals surface area (Å²) in [5.41, 5.74) is 0.364. The van der Waals surface area contributed by atoms with Crippen LogP contribution in [0, 0.1) is 0 Å². The summed E-state index contributed by atoms with van der Waals surface area (Å²) in [5.74, 6) is -0.251. The maximum Gasteiger partial charge on any atom is 0.165 e. The van der Waals surface area contributed by atoms with Crippen molar-refractivity contribution in [3.8, 4) is 0 Å². The van der Waals surface area contributed by atoms with E-state index in [2.05, 4.69) is 6.58 Å². The first-order valence-corrected chi connectivity index (χ1v) is 4.92. The molecule has 1 N–H and O–H groups in total. The van der Waals surface area contributed by atoms with Gasteiger partial charge in [-0.2, -0.15) is 0 Å². The Hall–Kier alpha value is -1.41. The molecule has 0 heterocycles. The molecule has 0 fully saturated rings. The number of hydrogen-bond acceptors (Lipinski definition) is 2. The van der Waals surface area contributed by atoms with Gasteiger partial charge in [0, 0.05) is 0 Å². The number of carbonyl (C=O) groups excluding carboxylic acids is 1. The van der Waals surface area contributed by atoms with Crippen LogP contribution >= 0.6 is 0 Å². The Kier molecular flexibility index (Phi) is 3.43. The highest BCUT2D eigenvalue weighted by molar-refractivity contribution is 5.85. The molecule has 15 heavy (non-hydrogen) atoms. The molecule has 0 amide bonds. The highest BCUT2D eigenvalue weighted by atomic mass is 16.3. The smallest absolute Gasteiger partial charge is 0.165 e. The van der Waals surface area contributed by atoms with Crippen molar-refractivity contribution in [3.63, 3.8) is 0 Å². The van der Waals surface area contributed by atoms with E-state index in [4.69, 9.17) is 0 Å². The monoisotopic (exact) mass is 204 g/mol. The predicted molar refractivity (Wildman–Crippen MR) is 60.6 cm³/mol. The molecular weight excluding hydrogens is 188 g/mol. The van der Waals surface area contributed by atoms with Crippen molar-refractivity contribution in [1.82, 2.24) is 0 Å². The van der Waals surface area contributed by atoms with Crippen molar-refractivity contribution in [3.05, 3.63) is 48.0 Å². The van der Waals surface area contributed by atoms with Crippen LogP contribution in [-0.2, 0) is 16.8 Å². The summed E-state index contributed by atoms with van der Waals surface area (Å²) in [6.07, 6.45) is 2.61. The van der Waals surface area contributed by atoms with Crippen molar-refractivity contribution in [1.29, 1.82) is 0 Å². The molecule has 80 valence electrons. The third-order valence-electron chi connectivity index (χ3n) is 2.58.